The number of rotatable bonds is 4. The molecule has 0 bridgehead atoms. The van der Waals surface area contributed by atoms with E-state index in [0.29, 0.717) is 6.54 Å². The molecule has 15 heavy (non-hydrogen) atoms. The molecule has 86 valence electrons. The molecule has 0 aliphatic carbocycles. The van der Waals surface area contributed by atoms with Gasteiger partial charge in [0.15, 0.2) is 0 Å². The predicted octanol–water partition coefficient (Wildman–Crippen LogP) is 1.84. The van der Waals surface area contributed by atoms with Gasteiger partial charge in [-0.25, -0.2) is 0 Å². The van der Waals surface area contributed by atoms with Crippen LogP contribution in [0.25, 0.3) is 0 Å². The predicted molar refractivity (Wildman–Crippen MR) is 46.1 cm³/mol. The van der Waals surface area contributed by atoms with Gasteiger partial charge in [-0.1, -0.05) is 6.92 Å². The number of halogens is 3. The number of alkyl halides is 3. The maximum atomic E-state index is 12.0. The summed E-state index contributed by atoms with van der Waals surface area (Å²) >= 11 is 0. The van der Waals surface area contributed by atoms with E-state index >= 15 is 0 Å². The van der Waals surface area contributed by atoms with Crippen LogP contribution in [0, 0.1) is 0 Å². The van der Waals surface area contributed by atoms with Gasteiger partial charge in [-0.3, -0.25) is 0 Å². The highest BCUT2D eigenvalue weighted by Crippen LogP contribution is 2.21. The summed E-state index contributed by atoms with van der Waals surface area (Å²) in [5.41, 5.74) is 0. The zero-order valence-electron chi connectivity index (χ0n) is 8.43. The second-order valence-electron chi connectivity index (χ2n) is 3.11. The average Bonchev–Trinajstić information content (AvgIpc) is 2.50. The van der Waals surface area contributed by atoms with Crippen molar-refractivity contribution in [3.05, 3.63) is 11.8 Å². The van der Waals surface area contributed by atoms with Crippen LogP contribution in [0.1, 0.15) is 31.7 Å². The highest BCUT2D eigenvalue weighted by Gasteiger charge is 2.31. The molecule has 1 atom stereocenters. The van der Waals surface area contributed by atoms with E-state index in [1.165, 1.54) is 0 Å². The normalized spacial score (nSPS) is 14.2. The quantitative estimate of drug-likeness (QED) is 0.846. The summed E-state index contributed by atoms with van der Waals surface area (Å²) in [5.74, 6) is -0.224. The summed E-state index contributed by atoms with van der Waals surface area (Å²) < 4.78 is 40.7. The third-order valence-corrected chi connectivity index (χ3v) is 1.71. The Balaban J connectivity index is 2.64. The smallest absolute Gasteiger partial charge is 0.397 e. The topological polar surface area (TPSA) is 51.0 Å². The van der Waals surface area contributed by atoms with E-state index in [2.05, 4.69) is 15.5 Å². The Hall–Kier alpha value is -1.11. The molecule has 1 aromatic heterocycles. The van der Waals surface area contributed by atoms with Crippen LogP contribution in [0.4, 0.5) is 13.2 Å². The first-order chi connectivity index (χ1) is 6.92. The Labute approximate surface area is 84.9 Å². The fourth-order valence-electron chi connectivity index (χ4n) is 1.08. The molecule has 1 heterocycles. The Morgan fingerprint density at radius 3 is 2.60 bits per heavy atom. The summed E-state index contributed by atoms with van der Waals surface area (Å²) in [6.07, 6.45) is -5.50. The molecular weight excluding hydrogens is 211 g/mol. The Morgan fingerprint density at radius 2 is 2.07 bits per heavy atom. The van der Waals surface area contributed by atoms with Gasteiger partial charge < -0.3 is 9.73 Å². The number of hydrogen-bond donors (Lipinski definition) is 1. The van der Waals surface area contributed by atoms with E-state index in [-0.39, 0.29) is 11.9 Å². The lowest BCUT2D eigenvalue weighted by molar-refractivity contribution is -0.131. The molecule has 0 saturated heterocycles. The van der Waals surface area contributed by atoms with Crippen LogP contribution < -0.4 is 5.32 Å². The van der Waals surface area contributed by atoms with Crippen molar-refractivity contribution < 1.29 is 17.6 Å². The van der Waals surface area contributed by atoms with Gasteiger partial charge in [-0.2, -0.15) is 13.2 Å². The Bertz CT molecular complexity index is 310. The van der Waals surface area contributed by atoms with Crippen molar-refractivity contribution >= 4 is 0 Å². The van der Waals surface area contributed by atoms with Crippen molar-refractivity contribution in [3.63, 3.8) is 0 Å². The number of aromatic nitrogens is 2. The van der Waals surface area contributed by atoms with Crippen molar-refractivity contribution in [2.45, 2.75) is 32.5 Å². The van der Waals surface area contributed by atoms with Gasteiger partial charge in [0.05, 0.1) is 6.04 Å². The van der Waals surface area contributed by atoms with Crippen molar-refractivity contribution in [2.24, 2.45) is 0 Å². The van der Waals surface area contributed by atoms with Crippen LogP contribution in [-0.2, 0) is 6.42 Å². The first-order valence-electron chi connectivity index (χ1n) is 4.54. The third kappa shape index (κ3) is 3.86. The van der Waals surface area contributed by atoms with Crippen LogP contribution in [0.15, 0.2) is 4.42 Å². The fourth-order valence-corrected chi connectivity index (χ4v) is 1.08. The van der Waals surface area contributed by atoms with Gasteiger partial charge in [0, 0.05) is 0 Å². The zero-order chi connectivity index (χ0) is 11.5. The molecule has 0 saturated carbocycles. The summed E-state index contributed by atoms with van der Waals surface area (Å²) in [5, 5.41) is 9.83. The molecule has 7 heteroatoms. The second-order valence-corrected chi connectivity index (χ2v) is 3.11. The van der Waals surface area contributed by atoms with Crippen LogP contribution in [0.5, 0.6) is 0 Å². The highest BCUT2D eigenvalue weighted by atomic mass is 19.4. The van der Waals surface area contributed by atoms with Crippen molar-refractivity contribution in [2.75, 3.05) is 6.54 Å². The maximum Gasteiger partial charge on any atom is 0.397 e. The molecule has 0 fully saturated rings. The minimum atomic E-state index is -4.31. The van der Waals surface area contributed by atoms with Gasteiger partial charge in [0.25, 0.3) is 0 Å². The first kappa shape index (κ1) is 12.0. The van der Waals surface area contributed by atoms with Gasteiger partial charge in [0.2, 0.25) is 11.8 Å². The molecule has 0 spiro atoms. The SMILES string of the molecule is CCNC(C)c1nnc(CC(F)(F)F)o1. The molecule has 1 N–H and O–H groups in total. The van der Waals surface area contributed by atoms with Crippen LogP contribution >= 0.6 is 0 Å². The molecule has 0 aromatic carbocycles. The lowest BCUT2D eigenvalue weighted by Gasteiger charge is -2.06. The summed E-state index contributed by atoms with van der Waals surface area (Å²) in [4.78, 5) is 0. The minimum Gasteiger partial charge on any atom is -0.423 e. The molecule has 0 radical (unpaired) electrons. The third-order valence-electron chi connectivity index (χ3n) is 1.71. The molecule has 4 nitrogen and oxygen atoms in total. The highest BCUT2D eigenvalue weighted by molar-refractivity contribution is 4.89. The minimum absolute atomic E-state index is 0.177. The van der Waals surface area contributed by atoms with Crippen LogP contribution in [0.3, 0.4) is 0 Å². The summed E-state index contributed by atoms with van der Waals surface area (Å²) in [6, 6.07) is -0.232. The van der Waals surface area contributed by atoms with E-state index in [4.69, 9.17) is 4.42 Å². The Morgan fingerprint density at radius 1 is 1.40 bits per heavy atom. The lowest BCUT2D eigenvalue weighted by Crippen LogP contribution is -2.17. The van der Waals surface area contributed by atoms with E-state index in [9.17, 15) is 13.2 Å². The monoisotopic (exact) mass is 223 g/mol. The molecule has 1 unspecified atom stereocenters. The number of nitrogens with one attached hydrogen (secondary N) is 1. The summed E-state index contributed by atoms with van der Waals surface area (Å²) in [7, 11) is 0. The number of hydrogen-bond acceptors (Lipinski definition) is 4. The van der Waals surface area contributed by atoms with E-state index in [1.807, 2.05) is 6.92 Å². The second kappa shape index (κ2) is 4.61. The first-order valence-corrected chi connectivity index (χ1v) is 4.54. The van der Waals surface area contributed by atoms with E-state index in [0.717, 1.165) is 0 Å². The molecule has 0 aliphatic heterocycles. The van der Waals surface area contributed by atoms with Crippen molar-refractivity contribution in [1.82, 2.24) is 15.5 Å². The van der Waals surface area contributed by atoms with Crippen LogP contribution in [-0.4, -0.2) is 22.9 Å². The zero-order valence-corrected chi connectivity index (χ0v) is 8.43. The Kier molecular flexibility index (Phi) is 3.67. The van der Waals surface area contributed by atoms with Gasteiger partial charge >= 0.3 is 6.18 Å². The fraction of sp³-hybridized carbons (Fsp3) is 0.750. The van der Waals surface area contributed by atoms with E-state index in [1.54, 1.807) is 6.92 Å². The van der Waals surface area contributed by atoms with Gasteiger partial charge in [0.1, 0.15) is 6.42 Å². The molecule has 0 amide bonds. The molecule has 1 aromatic rings. The average molecular weight is 223 g/mol. The maximum absolute atomic E-state index is 12.0. The van der Waals surface area contributed by atoms with Crippen molar-refractivity contribution in [1.29, 1.82) is 0 Å². The largest absolute Gasteiger partial charge is 0.423 e. The van der Waals surface area contributed by atoms with Gasteiger partial charge in [-0.05, 0) is 13.5 Å². The van der Waals surface area contributed by atoms with Crippen LogP contribution in [0.2, 0.25) is 0 Å². The molecule has 0 aliphatic rings. The summed E-state index contributed by atoms with van der Waals surface area (Å²) in [6.45, 7) is 4.30. The standard InChI is InChI=1S/C8H12F3N3O/c1-3-12-5(2)7-14-13-6(15-7)4-8(9,10)11/h5,12H,3-4H2,1-2H3. The van der Waals surface area contributed by atoms with E-state index < -0.39 is 18.5 Å². The van der Waals surface area contributed by atoms with Gasteiger partial charge in [-0.15, -0.1) is 10.2 Å². The van der Waals surface area contributed by atoms with Crippen molar-refractivity contribution in [3.8, 4) is 0 Å². The molecular formula is C8H12F3N3O. The number of nitrogens with zero attached hydrogens (tertiary/aromatic N) is 2. The lowest BCUT2D eigenvalue weighted by atomic mass is 10.3. The molecule has 1 rings (SSSR count).